The van der Waals surface area contributed by atoms with E-state index in [1.165, 1.54) is 0 Å². The van der Waals surface area contributed by atoms with Gasteiger partial charge in [-0.1, -0.05) is 0 Å². The van der Waals surface area contributed by atoms with Crippen LogP contribution >= 0.6 is 0 Å². The van der Waals surface area contributed by atoms with Gasteiger partial charge in [0.1, 0.15) is 13.2 Å². The van der Waals surface area contributed by atoms with E-state index >= 15 is 0 Å². The zero-order chi connectivity index (χ0) is 11.5. The van der Waals surface area contributed by atoms with Crippen molar-refractivity contribution in [1.82, 2.24) is 0 Å². The Labute approximate surface area is 95.3 Å². The van der Waals surface area contributed by atoms with E-state index < -0.39 is 0 Å². The van der Waals surface area contributed by atoms with E-state index in [4.69, 9.17) is 19.9 Å². The first kappa shape index (κ1) is 11.2. The number of rotatable bonds is 3. The summed E-state index contributed by atoms with van der Waals surface area (Å²) < 4.78 is 16.2. The van der Waals surface area contributed by atoms with E-state index in [0.29, 0.717) is 19.8 Å². The van der Waals surface area contributed by atoms with Crippen molar-refractivity contribution >= 4 is 0 Å². The molecular formula is C12H17NO3. The Hall–Kier alpha value is -1.26. The molecule has 1 atom stereocenters. The van der Waals surface area contributed by atoms with Gasteiger partial charge in [-0.05, 0) is 30.2 Å². The highest BCUT2D eigenvalue weighted by Crippen LogP contribution is 2.35. The van der Waals surface area contributed by atoms with Crippen LogP contribution in [0.4, 0.5) is 0 Å². The predicted molar refractivity (Wildman–Crippen MR) is 60.7 cm³/mol. The fraction of sp³-hybridized carbons (Fsp3) is 0.500. The number of hydrogen-bond acceptors (Lipinski definition) is 4. The first-order valence-corrected chi connectivity index (χ1v) is 5.39. The van der Waals surface area contributed by atoms with Crippen LogP contribution in [0.2, 0.25) is 0 Å². The molecule has 2 rings (SSSR count). The highest BCUT2D eigenvalue weighted by Gasteiger charge is 2.17. The van der Waals surface area contributed by atoms with Crippen molar-refractivity contribution in [3.05, 3.63) is 23.3 Å². The van der Waals surface area contributed by atoms with Crippen LogP contribution in [0, 0.1) is 0 Å². The van der Waals surface area contributed by atoms with Crippen LogP contribution in [0.15, 0.2) is 12.1 Å². The monoisotopic (exact) mass is 223 g/mol. The summed E-state index contributed by atoms with van der Waals surface area (Å²) >= 11 is 0. The molecule has 1 unspecified atom stereocenters. The smallest absolute Gasteiger partial charge is 0.161 e. The van der Waals surface area contributed by atoms with Gasteiger partial charge in [0.25, 0.3) is 0 Å². The highest BCUT2D eigenvalue weighted by atomic mass is 16.6. The molecule has 0 radical (unpaired) electrons. The molecule has 0 saturated carbocycles. The molecule has 0 saturated heterocycles. The zero-order valence-electron chi connectivity index (χ0n) is 9.66. The van der Waals surface area contributed by atoms with Gasteiger partial charge in [-0.2, -0.15) is 0 Å². The van der Waals surface area contributed by atoms with Gasteiger partial charge in [0.05, 0.1) is 6.61 Å². The van der Waals surface area contributed by atoms with E-state index in [-0.39, 0.29) is 6.04 Å². The summed E-state index contributed by atoms with van der Waals surface area (Å²) in [7, 11) is 1.67. The van der Waals surface area contributed by atoms with Gasteiger partial charge in [-0.3, -0.25) is 0 Å². The lowest BCUT2D eigenvalue weighted by Crippen LogP contribution is -2.17. The van der Waals surface area contributed by atoms with Crippen molar-refractivity contribution in [2.75, 3.05) is 20.3 Å². The SMILES string of the molecule is COCc1cc2c(cc1C(C)N)OCCO2. The van der Waals surface area contributed by atoms with Crippen LogP contribution in [-0.2, 0) is 11.3 Å². The molecule has 1 heterocycles. The molecule has 0 fully saturated rings. The standard InChI is InChI=1S/C12H17NO3/c1-8(13)10-6-12-11(15-3-4-16-12)5-9(10)7-14-2/h5-6,8H,3-4,7,13H2,1-2H3. The minimum Gasteiger partial charge on any atom is -0.486 e. The summed E-state index contributed by atoms with van der Waals surface area (Å²) in [6.45, 7) is 3.67. The number of methoxy groups -OCH3 is 1. The minimum absolute atomic E-state index is 0.0408. The third-order valence-electron chi connectivity index (χ3n) is 2.59. The number of nitrogens with two attached hydrogens (primary N) is 1. The summed E-state index contributed by atoms with van der Waals surface area (Å²) in [6.07, 6.45) is 0. The molecule has 4 heteroatoms. The second-order valence-corrected chi connectivity index (χ2v) is 3.92. The van der Waals surface area contributed by atoms with E-state index in [2.05, 4.69) is 0 Å². The third-order valence-corrected chi connectivity index (χ3v) is 2.59. The Bertz CT molecular complexity index is 377. The first-order valence-electron chi connectivity index (χ1n) is 5.39. The van der Waals surface area contributed by atoms with Crippen LogP contribution in [0.3, 0.4) is 0 Å². The van der Waals surface area contributed by atoms with Gasteiger partial charge in [0, 0.05) is 13.2 Å². The van der Waals surface area contributed by atoms with Crippen molar-refractivity contribution in [3.63, 3.8) is 0 Å². The lowest BCUT2D eigenvalue weighted by Gasteiger charge is -2.22. The van der Waals surface area contributed by atoms with Gasteiger partial charge >= 0.3 is 0 Å². The number of benzene rings is 1. The lowest BCUT2D eigenvalue weighted by atomic mass is 10.0. The largest absolute Gasteiger partial charge is 0.486 e. The lowest BCUT2D eigenvalue weighted by molar-refractivity contribution is 0.166. The van der Waals surface area contributed by atoms with E-state index in [9.17, 15) is 0 Å². The van der Waals surface area contributed by atoms with Gasteiger partial charge in [-0.15, -0.1) is 0 Å². The summed E-state index contributed by atoms with van der Waals surface area (Å²) in [5, 5.41) is 0. The average Bonchev–Trinajstić information content (AvgIpc) is 2.28. The summed E-state index contributed by atoms with van der Waals surface area (Å²) in [4.78, 5) is 0. The maximum absolute atomic E-state index is 5.93. The van der Waals surface area contributed by atoms with Gasteiger partial charge in [-0.25, -0.2) is 0 Å². The molecule has 1 aliphatic heterocycles. The summed E-state index contributed by atoms with van der Waals surface area (Å²) in [5.41, 5.74) is 8.03. The van der Waals surface area contributed by atoms with Crippen LogP contribution < -0.4 is 15.2 Å². The van der Waals surface area contributed by atoms with Crippen molar-refractivity contribution in [3.8, 4) is 11.5 Å². The summed E-state index contributed by atoms with van der Waals surface area (Å²) in [6, 6.07) is 3.87. The molecule has 16 heavy (non-hydrogen) atoms. The molecule has 0 bridgehead atoms. The Morgan fingerprint density at radius 1 is 1.31 bits per heavy atom. The molecule has 1 aromatic rings. The Morgan fingerprint density at radius 3 is 2.50 bits per heavy atom. The Morgan fingerprint density at radius 2 is 1.94 bits per heavy atom. The van der Waals surface area contributed by atoms with Crippen LogP contribution in [0.1, 0.15) is 24.1 Å². The molecule has 88 valence electrons. The van der Waals surface area contributed by atoms with Crippen LogP contribution in [0.25, 0.3) is 0 Å². The van der Waals surface area contributed by atoms with E-state index in [0.717, 1.165) is 22.6 Å². The van der Waals surface area contributed by atoms with Crippen molar-refractivity contribution in [2.24, 2.45) is 5.73 Å². The van der Waals surface area contributed by atoms with E-state index in [1.807, 2.05) is 19.1 Å². The highest BCUT2D eigenvalue weighted by molar-refractivity contribution is 5.48. The molecular weight excluding hydrogens is 206 g/mol. The molecule has 2 N–H and O–H groups in total. The molecule has 0 spiro atoms. The Kier molecular flexibility index (Phi) is 3.31. The van der Waals surface area contributed by atoms with E-state index in [1.54, 1.807) is 7.11 Å². The normalized spacial score (nSPS) is 15.9. The quantitative estimate of drug-likeness (QED) is 0.846. The maximum atomic E-state index is 5.93. The van der Waals surface area contributed by atoms with Crippen molar-refractivity contribution in [1.29, 1.82) is 0 Å². The first-order chi connectivity index (χ1) is 7.72. The number of fused-ring (bicyclic) bond motifs is 1. The Balaban J connectivity index is 2.41. The van der Waals surface area contributed by atoms with Crippen LogP contribution in [0.5, 0.6) is 11.5 Å². The maximum Gasteiger partial charge on any atom is 0.161 e. The molecule has 0 amide bonds. The van der Waals surface area contributed by atoms with Crippen molar-refractivity contribution < 1.29 is 14.2 Å². The van der Waals surface area contributed by atoms with Gasteiger partial charge < -0.3 is 19.9 Å². The van der Waals surface area contributed by atoms with Gasteiger partial charge in [0.2, 0.25) is 0 Å². The second-order valence-electron chi connectivity index (χ2n) is 3.92. The predicted octanol–water partition coefficient (Wildman–Crippen LogP) is 1.62. The topological polar surface area (TPSA) is 53.7 Å². The molecule has 4 nitrogen and oxygen atoms in total. The molecule has 0 aliphatic carbocycles. The number of ether oxygens (including phenoxy) is 3. The molecule has 1 aromatic carbocycles. The zero-order valence-corrected chi connectivity index (χ0v) is 9.66. The van der Waals surface area contributed by atoms with Crippen molar-refractivity contribution in [2.45, 2.75) is 19.6 Å². The van der Waals surface area contributed by atoms with Gasteiger partial charge in [0.15, 0.2) is 11.5 Å². The fourth-order valence-corrected chi connectivity index (χ4v) is 1.85. The third kappa shape index (κ3) is 2.13. The molecule has 0 aromatic heterocycles. The average molecular weight is 223 g/mol. The molecule has 1 aliphatic rings. The summed E-state index contributed by atoms with van der Waals surface area (Å²) in [5.74, 6) is 1.56. The minimum atomic E-state index is -0.0408. The number of hydrogen-bond donors (Lipinski definition) is 1. The second kappa shape index (κ2) is 4.72. The van der Waals surface area contributed by atoms with Crippen LogP contribution in [-0.4, -0.2) is 20.3 Å². The fourth-order valence-electron chi connectivity index (χ4n) is 1.85.